The fourth-order valence-corrected chi connectivity index (χ4v) is 3.66. The zero-order valence-electron chi connectivity index (χ0n) is 18.7. The van der Waals surface area contributed by atoms with Crippen molar-refractivity contribution in [1.82, 2.24) is 25.4 Å². The molecule has 1 atom stereocenters. The predicted octanol–water partition coefficient (Wildman–Crippen LogP) is 2.35. The summed E-state index contributed by atoms with van der Waals surface area (Å²) in [7, 11) is 3.41. The van der Waals surface area contributed by atoms with Gasteiger partial charge in [0.25, 0.3) is 0 Å². The topological polar surface area (TPSA) is 98.1 Å². The van der Waals surface area contributed by atoms with Crippen LogP contribution in [0.25, 0.3) is 11.0 Å². The summed E-state index contributed by atoms with van der Waals surface area (Å²) in [5, 5.41) is 10.8. The molecule has 2 aromatic heterocycles. The van der Waals surface area contributed by atoms with Gasteiger partial charge < -0.3 is 15.4 Å². The number of benzene rings is 1. The molecule has 3 aromatic rings. The van der Waals surface area contributed by atoms with E-state index in [0.717, 1.165) is 33.4 Å². The average Bonchev–Trinajstić information content (AvgIpc) is 3.08. The van der Waals surface area contributed by atoms with Gasteiger partial charge in [0.15, 0.2) is 5.65 Å². The van der Waals surface area contributed by atoms with Crippen molar-refractivity contribution in [3.8, 4) is 5.88 Å². The Labute approximate surface area is 182 Å². The molecule has 164 valence electrons. The molecule has 31 heavy (non-hydrogen) atoms. The van der Waals surface area contributed by atoms with Crippen molar-refractivity contribution in [1.29, 1.82) is 0 Å². The van der Waals surface area contributed by atoms with E-state index < -0.39 is 6.04 Å². The second-order valence-corrected chi connectivity index (χ2v) is 7.62. The number of aryl methyl sites for hydroxylation is 3. The van der Waals surface area contributed by atoms with Crippen LogP contribution in [0.3, 0.4) is 0 Å². The van der Waals surface area contributed by atoms with Crippen LogP contribution >= 0.6 is 0 Å². The molecule has 2 heterocycles. The van der Waals surface area contributed by atoms with E-state index in [2.05, 4.69) is 20.7 Å². The minimum atomic E-state index is -0.613. The first-order chi connectivity index (χ1) is 14.8. The van der Waals surface area contributed by atoms with Gasteiger partial charge in [-0.2, -0.15) is 0 Å². The number of hydrogen-bond acceptors (Lipinski definition) is 5. The molecule has 0 aliphatic rings. The number of aromatic nitrogens is 3. The third kappa shape index (κ3) is 5.02. The minimum Gasteiger partial charge on any atom is -0.479 e. The number of methoxy groups -OCH3 is 1. The Bertz CT molecular complexity index is 1090. The van der Waals surface area contributed by atoms with Gasteiger partial charge in [-0.05, 0) is 43.9 Å². The zero-order chi connectivity index (χ0) is 22.5. The molecule has 0 bridgehead atoms. The molecule has 0 radical (unpaired) electrons. The van der Waals surface area contributed by atoms with Crippen molar-refractivity contribution in [2.45, 2.75) is 46.2 Å². The van der Waals surface area contributed by atoms with Gasteiger partial charge in [-0.25, -0.2) is 9.67 Å². The van der Waals surface area contributed by atoms with Crippen LogP contribution < -0.4 is 15.4 Å². The zero-order valence-corrected chi connectivity index (χ0v) is 18.7. The molecule has 8 nitrogen and oxygen atoms in total. The third-order valence-electron chi connectivity index (χ3n) is 5.40. The highest BCUT2D eigenvalue weighted by atomic mass is 16.5. The highest BCUT2D eigenvalue weighted by Crippen LogP contribution is 2.30. The summed E-state index contributed by atoms with van der Waals surface area (Å²) in [6.07, 6.45) is 0.774. The van der Waals surface area contributed by atoms with Crippen LogP contribution in [-0.2, 0) is 29.6 Å². The van der Waals surface area contributed by atoms with E-state index in [-0.39, 0.29) is 18.2 Å². The molecule has 0 fully saturated rings. The lowest BCUT2D eigenvalue weighted by Gasteiger charge is -2.15. The number of carbonyl (C=O) groups is 2. The third-order valence-corrected chi connectivity index (χ3v) is 5.40. The first-order valence-corrected chi connectivity index (χ1v) is 10.3. The van der Waals surface area contributed by atoms with Crippen LogP contribution in [0.1, 0.15) is 35.7 Å². The van der Waals surface area contributed by atoms with E-state index in [1.54, 1.807) is 18.7 Å². The van der Waals surface area contributed by atoms with Crippen molar-refractivity contribution in [2.24, 2.45) is 7.05 Å². The second kappa shape index (κ2) is 9.59. The number of fused-ring (bicyclic) bond motifs is 1. The molecule has 0 saturated heterocycles. The summed E-state index contributed by atoms with van der Waals surface area (Å²) in [6.45, 7) is 6.03. The molecule has 0 aliphatic carbocycles. The van der Waals surface area contributed by atoms with Gasteiger partial charge in [0, 0.05) is 25.7 Å². The van der Waals surface area contributed by atoms with Gasteiger partial charge in [0.2, 0.25) is 17.7 Å². The summed E-state index contributed by atoms with van der Waals surface area (Å²) in [6, 6.07) is 9.04. The van der Waals surface area contributed by atoms with Crippen molar-refractivity contribution in [2.75, 3.05) is 7.11 Å². The van der Waals surface area contributed by atoms with Crippen LogP contribution in [0.2, 0.25) is 0 Å². The van der Waals surface area contributed by atoms with E-state index in [4.69, 9.17) is 4.74 Å². The number of rotatable bonds is 8. The van der Waals surface area contributed by atoms with Gasteiger partial charge in [0.05, 0.1) is 12.5 Å². The first-order valence-electron chi connectivity index (χ1n) is 10.3. The highest BCUT2D eigenvalue weighted by Gasteiger charge is 2.20. The Hall–Kier alpha value is -3.42. The van der Waals surface area contributed by atoms with Crippen molar-refractivity contribution >= 4 is 22.8 Å². The number of pyridine rings is 1. The monoisotopic (exact) mass is 423 g/mol. The maximum absolute atomic E-state index is 12.5. The molecule has 2 N–H and O–H groups in total. The molecule has 3 rings (SSSR count). The Morgan fingerprint density at radius 1 is 1.19 bits per heavy atom. The lowest BCUT2D eigenvalue weighted by atomic mass is 10.00. The Balaban J connectivity index is 1.60. The Morgan fingerprint density at radius 2 is 1.90 bits per heavy atom. The molecular formula is C23H29N5O3. The summed E-state index contributed by atoms with van der Waals surface area (Å²) in [5.41, 5.74) is 4.62. The quantitative estimate of drug-likeness (QED) is 0.580. The van der Waals surface area contributed by atoms with Crippen molar-refractivity contribution < 1.29 is 14.3 Å². The molecule has 0 saturated carbocycles. The molecule has 1 aromatic carbocycles. The van der Waals surface area contributed by atoms with Crippen LogP contribution in [0, 0.1) is 13.8 Å². The summed E-state index contributed by atoms with van der Waals surface area (Å²) in [5.74, 6) is 0.129. The van der Waals surface area contributed by atoms with Crippen molar-refractivity contribution in [3.63, 3.8) is 0 Å². The largest absolute Gasteiger partial charge is 0.479 e. The number of carbonyl (C=O) groups excluding carboxylic acids is 2. The van der Waals surface area contributed by atoms with E-state index in [1.165, 1.54) is 0 Å². The Morgan fingerprint density at radius 3 is 2.58 bits per heavy atom. The maximum atomic E-state index is 12.5. The smallest absolute Gasteiger partial charge is 0.242 e. The fraction of sp³-hybridized carbons (Fsp3) is 0.391. The van der Waals surface area contributed by atoms with Crippen LogP contribution in [0.4, 0.5) is 0 Å². The fourth-order valence-electron chi connectivity index (χ4n) is 3.66. The van der Waals surface area contributed by atoms with Gasteiger partial charge in [-0.15, -0.1) is 5.10 Å². The molecule has 0 spiro atoms. The van der Waals surface area contributed by atoms with E-state index in [9.17, 15) is 9.59 Å². The molecule has 8 heteroatoms. The standard InChI is InChI=1S/C23H29N5O3/c1-14-18(15(2)26-21-20(14)23(31-5)27-28(21)4)11-12-19(29)25-16(3)22(30)24-13-17-9-7-6-8-10-17/h6-10,16H,11-13H2,1-5H3,(H,24,30)(H,25,29). The lowest BCUT2D eigenvalue weighted by molar-refractivity contribution is -0.128. The Kier molecular flexibility index (Phi) is 6.89. The number of ether oxygens (including phenoxy) is 1. The number of nitrogens with one attached hydrogen (secondary N) is 2. The molecule has 2 amide bonds. The molecule has 0 aliphatic heterocycles. The van der Waals surface area contributed by atoms with E-state index >= 15 is 0 Å². The minimum absolute atomic E-state index is 0.181. The number of hydrogen-bond donors (Lipinski definition) is 2. The molecular weight excluding hydrogens is 394 g/mol. The maximum Gasteiger partial charge on any atom is 0.242 e. The average molecular weight is 424 g/mol. The molecule has 1 unspecified atom stereocenters. The summed E-state index contributed by atoms with van der Waals surface area (Å²) in [4.78, 5) is 29.4. The normalized spacial score (nSPS) is 11.9. The lowest BCUT2D eigenvalue weighted by Crippen LogP contribution is -2.44. The van der Waals surface area contributed by atoms with E-state index in [1.807, 2.05) is 51.2 Å². The SMILES string of the molecule is COc1nn(C)c2nc(C)c(CCC(=O)NC(C)C(=O)NCc3ccccc3)c(C)c12. The number of amides is 2. The van der Waals surface area contributed by atoms with Crippen molar-refractivity contribution in [3.05, 3.63) is 52.7 Å². The van der Waals surface area contributed by atoms with Crippen LogP contribution in [0.5, 0.6) is 5.88 Å². The van der Waals surface area contributed by atoms with Gasteiger partial charge in [-0.1, -0.05) is 30.3 Å². The van der Waals surface area contributed by atoms with Gasteiger partial charge >= 0.3 is 0 Å². The summed E-state index contributed by atoms with van der Waals surface area (Å²) < 4.78 is 7.08. The second-order valence-electron chi connectivity index (χ2n) is 7.62. The first kappa shape index (κ1) is 22.3. The van der Waals surface area contributed by atoms with Gasteiger partial charge in [0.1, 0.15) is 6.04 Å². The summed E-state index contributed by atoms with van der Waals surface area (Å²) >= 11 is 0. The van der Waals surface area contributed by atoms with E-state index in [0.29, 0.717) is 18.8 Å². The van der Waals surface area contributed by atoms with Crippen LogP contribution in [0.15, 0.2) is 30.3 Å². The highest BCUT2D eigenvalue weighted by molar-refractivity contribution is 5.88. The van der Waals surface area contributed by atoms with Gasteiger partial charge in [-0.3, -0.25) is 9.59 Å². The number of nitrogens with zero attached hydrogens (tertiary/aromatic N) is 3. The van der Waals surface area contributed by atoms with Crippen LogP contribution in [-0.4, -0.2) is 39.7 Å². The predicted molar refractivity (Wildman–Crippen MR) is 119 cm³/mol.